The summed E-state index contributed by atoms with van der Waals surface area (Å²) in [7, 11) is 1.61. The number of hydrogen-bond donors (Lipinski definition) is 3. The van der Waals surface area contributed by atoms with Crippen LogP contribution in [0.2, 0.25) is 0 Å². The van der Waals surface area contributed by atoms with Crippen LogP contribution in [-0.4, -0.2) is 25.5 Å². The van der Waals surface area contributed by atoms with Gasteiger partial charge in [-0.15, -0.1) is 0 Å². The highest BCUT2D eigenvalue weighted by Gasteiger charge is 2.10. The van der Waals surface area contributed by atoms with Crippen molar-refractivity contribution in [2.24, 2.45) is 0 Å². The Kier molecular flexibility index (Phi) is 7.05. The zero-order valence-electron chi connectivity index (χ0n) is 17.1. The number of methoxy groups -OCH3 is 1. The van der Waals surface area contributed by atoms with Gasteiger partial charge >= 0.3 is 0 Å². The van der Waals surface area contributed by atoms with Gasteiger partial charge in [-0.1, -0.05) is 36.4 Å². The number of amides is 2. The van der Waals surface area contributed by atoms with Crippen molar-refractivity contribution in [3.63, 3.8) is 0 Å². The lowest BCUT2D eigenvalue weighted by Crippen LogP contribution is -2.29. The molecule has 0 unspecified atom stereocenters. The molecule has 0 saturated carbocycles. The van der Waals surface area contributed by atoms with E-state index in [-0.39, 0.29) is 18.4 Å². The van der Waals surface area contributed by atoms with Crippen molar-refractivity contribution in [3.05, 3.63) is 89.5 Å². The average Bonchev–Trinajstić information content (AvgIpc) is 2.78. The summed E-state index contributed by atoms with van der Waals surface area (Å²) in [6.07, 6.45) is 0. The van der Waals surface area contributed by atoms with Crippen molar-refractivity contribution < 1.29 is 14.3 Å². The van der Waals surface area contributed by atoms with E-state index in [0.717, 1.165) is 28.3 Å². The number of anilines is 2. The number of benzene rings is 3. The molecule has 3 rings (SSSR count). The second kappa shape index (κ2) is 10.1. The molecule has 154 valence electrons. The number of aryl methyl sites for hydroxylation is 1. The van der Waals surface area contributed by atoms with Crippen molar-refractivity contribution in [1.82, 2.24) is 5.32 Å². The molecule has 3 N–H and O–H groups in total. The van der Waals surface area contributed by atoms with E-state index in [0.29, 0.717) is 12.1 Å². The molecule has 0 aliphatic heterocycles. The first-order chi connectivity index (χ1) is 14.5. The lowest BCUT2D eigenvalue weighted by atomic mass is 10.1. The van der Waals surface area contributed by atoms with Crippen molar-refractivity contribution in [2.45, 2.75) is 13.5 Å². The highest BCUT2D eigenvalue weighted by Crippen LogP contribution is 2.18. The maximum Gasteiger partial charge on any atom is 0.255 e. The fourth-order valence-electron chi connectivity index (χ4n) is 2.90. The van der Waals surface area contributed by atoms with E-state index in [1.807, 2.05) is 67.6 Å². The van der Waals surface area contributed by atoms with E-state index in [2.05, 4.69) is 16.0 Å². The largest absolute Gasteiger partial charge is 0.497 e. The number of ether oxygens (including phenoxy) is 1. The molecule has 6 heteroatoms. The van der Waals surface area contributed by atoms with Crippen LogP contribution >= 0.6 is 0 Å². The first-order valence-electron chi connectivity index (χ1n) is 9.65. The normalized spacial score (nSPS) is 10.2. The number of nitrogens with one attached hydrogen (secondary N) is 3. The monoisotopic (exact) mass is 403 g/mol. The van der Waals surface area contributed by atoms with Gasteiger partial charge in [0.25, 0.3) is 5.91 Å². The Morgan fingerprint density at radius 3 is 2.50 bits per heavy atom. The quantitative estimate of drug-likeness (QED) is 0.531. The highest BCUT2D eigenvalue weighted by molar-refractivity contribution is 6.05. The zero-order valence-corrected chi connectivity index (χ0v) is 17.1. The fourth-order valence-corrected chi connectivity index (χ4v) is 2.90. The molecular formula is C24H25N3O3. The Labute approximate surface area is 176 Å². The molecule has 6 nitrogen and oxygen atoms in total. The van der Waals surface area contributed by atoms with E-state index in [1.165, 1.54) is 0 Å². The van der Waals surface area contributed by atoms with E-state index >= 15 is 0 Å². The topological polar surface area (TPSA) is 79.5 Å². The summed E-state index contributed by atoms with van der Waals surface area (Å²) >= 11 is 0. The summed E-state index contributed by atoms with van der Waals surface area (Å²) in [5, 5.41) is 8.85. The van der Waals surface area contributed by atoms with Crippen LogP contribution in [0.5, 0.6) is 5.75 Å². The van der Waals surface area contributed by atoms with Crippen LogP contribution < -0.4 is 20.7 Å². The van der Waals surface area contributed by atoms with Gasteiger partial charge in [0.2, 0.25) is 5.91 Å². The van der Waals surface area contributed by atoms with Crippen LogP contribution in [0.15, 0.2) is 72.8 Å². The van der Waals surface area contributed by atoms with Gasteiger partial charge in [-0.05, 0) is 54.4 Å². The molecule has 0 spiro atoms. The molecule has 0 saturated heterocycles. The average molecular weight is 403 g/mol. The van der Waals surface area contributed by atoms with Crippen LogP contribution in [0.25, 0.3) is 0 Å². The molecule has 0 aromatic heterocycles. The van der Waals surface area contributed by atoms with E-state index in [1.54, 1.807) is 19.2 Å². The molecule has 0 atom stereocenters. The maximum absolute atomic E-state index is 12.5. The Bertz CT molecular complexity index is 1020. The molecule has 0 aliphatic carbocycles. The molecule has 0 radical (unpaired) electrons. The Morgan fingerprint density at radius 2 is 1.73 bits per heavy atom. The summed E-state index contributed by atoms with van der Waals surface area (Å²) in [5.41, 5.74) is 3.90. The summed E-state index contributed by atoms with van der Waals surface area (Å²) in [4.78, 5) is 24.7. The minimum atomic E-state index is -0.202. The van der Waals surface area contributed by atoms with E-state index in [4.69, 9.17) is 4.74 Å². The second-order valence-electron chi connectivity index (χ2n) is 6.83. The Balaban J connectivity index is 1.56. The summed E-state index contributed by atoms with van der Waals surface area (Å²) in [5.74, 6) is 0.407. The highest BCUT2D eigenvalue weighted by atomic mass is 16.5. The van der Waals surface area contributed by atoms with Crippen LogP contribution in [-0.2, 0) is 11.3 Å². The van der Waals surface area contributed by atoms with Gasteiger partial charge in [-0.3, -0.25) is 9.59 Å². The van der Waals surface area contributed by atoms with Crippen molar-refractivity contribution in [1.29, 1.82) is 0 Å². The van der Waals surface area contributed by atoms with Crippen molar-refractivity contribution in [2.75, 3.05) is 24.3 Å². The minimum absolute atomic E-state index is 0.106. The minimum Gasteiger partial charge on any atom is -0.497 e. The molecule has 2 amide bonds. The lowest BCUT2D eigenvalue weighted by molar-refractivity contribution is -0.119. The van der Waals surface area contributed by atoms with Gasteiger partial charge in [-0.25, -0.2) is 0 Å². The van der Waals surface area contributed by atoms with Gasteiger partial charge in [0.15, 0.2) is 0 Å². The Morgan fingerprint density at radius 1 is 0.933 bits per heavy atom. The SMILES string of the molecule is COc1cccc(CNC(=O)CNc2cc(C(=O)Nc3ccccc3)ccc2C)c1. The third kappa shape index (κ3) is 5.85. The van der Waals surface area contributed by atoms with Crippen LogP contribution in [0.1, 0.15) is 21.5 Å². The molecule has 3 aromatic rings. The van der Waals surface area contributed by atoms with E-state index < -0.39 is 0 Å². The predicted octanol–water partition coefficient (Wildman–Crippen LogP) is 3.98. The molecule has 0 aliphatic rings. The standard InChI is InChI=1S/C24H25N3O3/c1-17-11-12-19(24(29)27-20-8-4-3-5-9-20)14-22(17)25-16-23(28)26-15-18-7-6-10-21(13-18)30-2/h3-14,25H,15-16H2,1-2H3,(H,26,28)(H,27,29). The maximum atomic E-state index is 12.5. The van der Waals surface area contributed by atoms with E-state index in [9.17, 15) is 9.59 Å². The number of carbonyl (C=O) groups is 2. The number of para-hydroxylation sites is 1. The Hall–Kier alpha value is -3.80. The van der Waals surface area contributed by atoms with Gasteiger partial charge in [-0.2, -0.15) is 0 Å². The van der Waals surface area contributed by atoms with Crippen LogP contribution in [0, 0.1) is 6.92 Å². The predicted molar refractivity (Wildman–Crippen MR) is 119 cm³/mol. The number of hydrogen-bond acceptors (Lipinski definition) is 4. The van der Waals surface area contributed by atoms with Crippen molar-refractivity contribution >= 4 is 23.2 Å². The molecule has 30 heavy (non-hydrogen) atoms. The van der Waals surface area contributed by atoms with Crippen LogP contribution in [0.3, 0.4) is 0 Å². The molecular weight excluding hydrogens is 378 g/mol. The van der Waals surface area contributed by atoms with Crippen molar-refractivity contribution in [3.8, 4) is 5.75 Å². The van der Waals surface area contributed by atoms with Gasteiger partial charge in [0.05, 0.1) is 13.7 Å². The summed E-state index contributed by atoms with van der Waals surface area (Å²) in [6, 6.07) is 22.2. The number of carbonyl (C=O) groups excluding carboxylic acids is 2. The smallest absolute Gasteiger partial charge is 0.255 e. The van der Waals surface area contributed by atoms with Gasteiger partial charge < -0.3 is 20.7 Å². The first-order valence-corrected chi connectivity index (χ1v) is 9.65. The summed E-state index contributed by atoms with van der Waals surface area (Å²) in [6.45, 7) is 2.44. The lowest BCUT2D eigenvalue weighted by Gasteiger charge is -2.12. The molecule has 0 heterocycles. The second-order valence-corrected chi connectivity index (χ2v) is 6.83. The zero-order chi connectivity index (χ0) is 21.3. The first kappa shape index (κ1) is 20.9. The number of rotatable bonds is 8. The van der Waals surface area contributed by atoms with Gasteiger partial charge in [0.1, 0.15) is 5.75 Å². The third-order valence-corrected chi connectivity index (χ3v) is 4.59. The fraction of sp³-hybridized carbons (Fsp3) is 0.167. The van der Waals surface area contributed by atoms with Crippen LogP contribution in [0.4, 0.5) is 11.4 Å². The molecule has 0 fully saturated rings. The third-order valence-electron chi connectivity index (χ3n) is 4.59. The summed E-state index contributed by atoms with van der Waals surface area (Å²) < 4.78 is 5.19. The molecule has 3 aromatic carbocycles. The molecule has 0 bridgehead atoms. The van der Waals surface area contributed by atoms with Gasteiger partial charge in [0, 0.05) is 23.5 Å².